The first-order chi connectivity index (χ1) is 13.5. The van der Waals surface area contributed by atoms with E-state index in [1.165, 1.54) is 0 Å². The Hall–Kier alpha value is -2.69. The fourth-order valence-electron chi connectivity index (χ4n) is 3.74. The molecule has 0 aliphatic carbocycles. The second-order valence-electron chi connectivity index (χ2n) is 7.22. The summed E-state index contributed by atoms with van der Waals surface area (Å²) in [6.45, 7) is 5.19. The average Bonchev–Trinajstić information content (AvgIpc) is 3.19. The maximum absolute atomic E-state index is 12.9. The lowest BCUT2D eigenvalue weighted by Gasteiger charge is -2.27. The van der Waals surface area contributed by atoms with Gasteiger partial charge in [0.2, 0.25) is 5.91 Å². The van der Waals surface area contributed by atoms with Gasteiger partial charge >= 0.3 is 0 Å². The summed E-state index contributed by atoms with van der Waals surface area (Å²) in [5, 5.41) is 0. The van der Waals surface area contributed by atoms with Gasteiger partial charge in [0.1, 0.15) is 17.2 Å². The van der Waals surface area contributed by atoms with Crippen LogP contribution >= 0.6 is 0 Å². The van der Waals surface area contributed by atoms with E-state index in [-0.39, 0.29) is 11.9 Å². The molecule has 150 valence electrons. The van der Waals surface area contributed by atoms with Gasteiger partial charge in [0, 0.05) is 12.1 Å². The monoisotopic (exact) mass is 383 g/mol. The Morgan fingerprint density at radius 3 is 2.64 bits per heavy atom. The first-order valence-electron chi connectivity index (χ1n) is 9.75. The number of rotatable bonds is 7. The lowest BCUT2D eigenvalue weighted by Crippen LogP contribution is -2.31. The molecule has 0 saturated carbocycles. The fraction of sp³-hybridized carbons (Fsp3) is 0.435. The van der Waals surface area contributed by atoms with Crippen molar-refractivity contribution in [1.82, 2.24) is 4.90 Å². The minimum Gasteiger partial charge on any atom is -0.497 e. The van der Waals surface area contributed by atoms with Crippen molar-refractivity contribution in [3.8, 4) is 17.2 Å². The molecular formula is C23H29NO4. The number of hydrogen-bond acceptors (Lipinski definition) is 4. The quantitative estimate of drug-likeness (QED) is 0.709. The standard InChI is InChI=1S/C23H29NO4/c1-16-7-8-17(2)22(14-16)28-13-11-23(25)24-12-5-6-20(24)19-15-18(26-3)9-10-21(19)27-4/h7-10,14-15,20H,5-6,11-13H2,1-4H3. The first kappa shape index (κ1) is 20.1. The Morgan fingerprint density at radius 2 is 1.89 bits per heavy atom. The summed E-state index contributed by atoms with van der Waals surface area (Å²) >= 11 is 0. The number of nitrogens with zero attached hydrogens (tertiary/aromatic N) is 1. The first-order valence-corrected chi connectivity index (χ1v) is 9.75. The lowest BCUT2D eigenvalue weighted by molar-refractivity contribution is -0.132. The van der Waals surface area contributed by atoms with Crippen LogP contribution in [-0.2, 0) is 4.79 Å². The Bertz CT molecular complexity index is 833. The van der Waals surface area contributed by atoms with Gasteiger partial charge in [-0.2, -0.15) is 0 Å². The van der Waals surface area contributed by atoms with Crippen LogP contribution < -0.4 is 14.2 Å². The van der Waals surface area contributed by atoms with Gasteiger partial charge in [0.05, 0.1) is 33.3 Å². The van der Waals surface area contributed by atoms with Crippen LogP contribution in [0.25, 0.3) is 0 Å². The fourth-order valence-corrected chi connectivity index (χ4v) is 3.74. The molecular weight excluding hydrogens is 354 g/mol. The highest BCUT2D eigenvalue weighted by Crippen LogP contribution is 2.39. The number of hydrogen-bond donors (Lipinski definition) is 0. The minimum absolute atomic E-state index is 0.0123. The Labute approximate surface area is 167 Å². The molecule has 5 nitrogen and oxygen atoms in total. The summed E-state index contributed by atoms with van der Waals surface area (Å²) < 4.78 is 16.8. The molecule has 1 amide bonds. The van der Waals surface area contributed by atoms with E-state index in [0.717, 1.165) is 53.3 Å². The molecule has 2 aromatic rings. The van der Waals surface area contributed by atoms with Crippen molar-refractivity contribution in [1.29, 1.82) is 0 Å². The smallest absolute Gasteiger partial charge is 0.226 e. The van der Waals surface area contributed by atoms with Crippen molar-refractivity contribution in [2.24, 2.45) is 0 Å². The summed E-state index contributed by atoms with van der Waals surface area (Å²) in [6, 6.07) is 11.9. The van der Waals surface area contributed by atoms with Crippen LogP contribution in [0.2, 0.25) is 0 Å². The summed E-state index contributed by atoms with van der Waals surface area (Å²) in [5.41, 5.74) is 3.23. The van der Waals surface area contributed by atoms with Gasteiger partial charge in [-0.15, -0.1) is 0 Å². The van der Waals surface area contributed by atoms with Crippen LogP contribution in [0.5, 0.6) is 17.2 Å². The van der Waals surface area contributed by atoms with Gasteiger partial charge < -0.3 is 19.1 Å². The Kier molecular flexibility index (Phi) is 6.45. The predicted octanol–water partition coefficient (Wildman–Crippen LogP) is 4.45. The molecule has 1 aliphatic heterocycles. The third kappa shape index (κ3) is 4.41. The van der Waals surface area contributed by atoms with Gasteiger partial charge in [-0.3, -0.25) is 4.79 Å². The number of benzene rings is 2. The number of methoxy groups -OCH3 is 2. The third-order valence-electron chi connectivity index (χ3n) is 5.29. The van der Waals surface area contributed by atoms with Gasteiger partial charge in [-0.1, -0.05) is 12.1 Å². The van der Waals surface area contributed by atoms with Crippen LogP contribution in [0.1, 0.15) is 42.0 Å². The van der Waals surface area contributed by atoms with Crippen LogP contribution in [0.4, 0.5) is 0 Å². The van der Waals surface area contributed by atoms with Crippen molar-refractivity contribution >= 4 is 5.91 Å². The van der Waals surface area contributed by atoms with Crippen molar-refractivity contribution in [2.75, 3.05) is 27.4 Å². The van der Waals surface area contributed by atoms with E-state index >= 15 is 0 Å². The molecule has 2 aromatic carbocycles. The van der Waals surface area contributed by atoms with E-state index in [0.29, 0.717) is 13.0 Å². The second kappa shape index (κ2) is 9.00. The zero-order chi connectivity index (χ0) is 20.1. The summed E-state index contributed by atoms with van der Waals surface area (Å²) in [4.78, 5) is 14.8. The second-order valence-corrected chi connectivity index (χ2v) is 7.22. The number of amides is 1. The van der Waals surface area contributed by atoms with Crippen LogP contribution in [-0.4, -0.2) is 38.2 Å². The molecule has 1 atom stereocenters. The summed E-state index contributed by atoms with van der Waals surface area (Å²) in [6.07, 6.45) is 2.26. The largest absolute Gasteiger partial charge is 0.497 e. The predicted molar refractivity (Wildman–Crippen MR) is 109 cm³/mol. The Morgan fingerprint density at radius 1 is 1.07 bits per heavy atom. The number of carbonyl (C=O) groups excluding carboxylic acids is 1. The molecule has 3 rings (SSSR count). The van der Waals surface area contributed by atoms with Gasteiger partial charge in [-0.05, 0) is 62.1 Å². The zero-order valence-corrected chi connectivity index (χ0v) is 17.2. The SMILES string of the molecule is COc1ccc(OC)c(C2CCCN2C(=O)CCOc2cc(C)ccc2C)c1. The summed E-state index contributed by atoms with van der Waals surface area (Å²) in [7, 11) is 3.30. The topological polar surface area (TPSA) is 48.0 Å². The molecule has 1 heterocycles. The minimum atomic E-state index is 0.0123. The van der Waals surface area contributed by atoms with Crippen LogP contribution in [0.3, 0.4) is 0 Å². The average molecular weight is 383 g/mol. The molecule has 0 N–H and O–H groups in total. The molecule has 0 bridgehead atoms. The molecule has 5 heteroatoms. The van der Waals surface area contributed by atoms with Crippen molar-refractivity contribution in [2.45, 2.75) is 39.2 Å². The van der Waals surface area contributed by atoms with Crippen molar-refractivity contribution in [3.63, 3.8) is 0 Å². The maximum Gasteiger partial charge on any atom is 0.226 e. The van der Waals surface area contributed by atoms with E-state index in [1.54, 1.807) is 14.2 Å². The van der Waals surface area contributed by atoms with Crippen LogP contribution in [0.15, 0.2) is 36.4 Å². The lowest BCUT2D eigenvalue weighted by atomic mass is 10.0. The number of aryl methyl sites for hydroxylation is 2. The highest BCUT2D eigenvalue weighted by atomic mass is 16.5. The highest BCUT2D eigenvalue weighted by Gasteiger charge is 2.32. The van der Waals surface area contributed by atoms with E-state index in [1.807, 2.05) is 49.1 Å². The van der Waals surface area contributed by atoms with E-state index in [2.05, 4.69) is 6.07 Å². The molecule has 1 fully saturated rings. The molecule has 1 unspecified atom stereocenters. The molecule has 0 aromatic heterocycles. The molecule has 28 heavy (non-hydrogen) atoms. The molecule has 0 spiro atoms. The number of carbonyl (C=O) groups is 1. The van der Waals surface area contributed by atoms with Gasteiger partial charge in [-0.25, -0.2) is 0 Å². The van der Waals surface area contributed by atoms with E-state index in [4.69, 9.17) is 14.2 Å². The number of ether oxygens (including phenoxy) is 3. The number of likely N-dealkylation sites (tertiary alicyclic amines) is 1. The Balaban J connectivity index is 1.67. The molecule has 1 aliphatic rings. The van der Waals surface area contributed by atoms with Crippen LogP contribution in [0, 0.1) is 13.8 Å². The van der Waals surface area contributed by atoms with Crippen molar-refractivity contribution < 1.29 is 19.0 Å². The summed E-state index contributed by atoms with van der Waals surface area (Å²) in [5.74, 6) is 2.52. The zero-order valence-electron chi connectivity index (χ0n) is 17.2. The highest BCUT2D eigenvalue weighted by molar-refractivity contribution is 5.77. The molecule has 1 saturated heterocycles. The van der Waals surface area contributed by atoms with Gasteiger partial charge in [0.15, 0.2) is 0 Å². The maximum atomic E-state index is 12.9. The van der Waals surface area contributed by atoms with E-state index in [9.17, 15) is 4.79 Å². The van der Waals surface area contributed by atoms with E-state index < -0.39 is 0 Å². The molecule has 0 radical (unpaired) electrons. The normalized spacial score (nSPS) is 16.1. The third-order valence-corrected chi connectivity index (χ3v) is 5.29. The van der Waals surface area contributed by atoms with Crippen molar-refractivity contribution in [3.05, 3.63) is 53.1 Å². The van der Waals surface area contributed by atoms with Gasteiger partial charge in [0.25, 0.3) is 0 Å².